The molecule has 10 heteroatoms. The van der Waals surface area contributed by atoms with E-state index in [4.69, 9.17) is 9.47 Å². The molecule has 0 bridgehead atoms. The third kappa shape index (κ3) is 5.34. The zero-order valence-electron chi connectivity index (χ0n) is 21.8. The highest BCUT2D eigenvalue weighted by atomic mass is 32.1. The van der Waals surface area contributed by atoms with Crippen LogP contribution in [0.1, 0.15) is 36.6 Å². The van der Waals surface area contributed by atoms with Gasteiger partial charge in [0.15, 0.2) is 4.80 Å². The number of thiazole rings is 1. The molecule has 1 unspecified atom stereocenters. The van der Waals surface area contributed by atoms with Crippen LogP contribution in [0.4, 0.5) is 5.69 Å². The van der Waals surface area contributed by atoms with Gasteiger partial charge in [-0.05, 0) is 49.2 Å². The molecule has 4 aromatic rings. The van der Waals surface area contributed by atoms with E-state index in [1.165, 1.54) is 16.7 Å². The Balaban J connectivity index is 1.59. The van der Waals surface area contributed by atoms with Gasteiger partial charge in [-0.2, -0.15) is 0 Å². The summed E-state index contributed by atoms with van der Waals surface area (Å²) >= 11 is 1.11. The number of allylic oxidation sites excluding steroid dienone is 1. The predicted molar refractivity (Wildman–Crippen MR) is 151 cm³/mol. The highest BCUT2D eigenvalue weighted by Gasteiger charge is 2.33. The molecule has 40 heavy (non-hydrogen) atoms. The minimum absolute atomic E-state index is 0.112. The van der Waals surface area contributed by atoms with Crippen LogP contribution in [0.15, 0.2) is 99.9 Å². The maximum absolute atomic E-state index is 13.8. The van der Waals surface area contributed by atoms with Crippen molar-refractivity contribution in [3.05, 3.63) is 137 Å². The van der Waals surface area contributed by atoms with Gasteiger partial charge in [0.25, 0.3) is 11.2 Å². The smallest absolute Gasteiger partial charge is 0.338 e. The molecule has 5 rings (SSSR count). The van der Waals surface area contributed by atoms with Gasteiger partial charge in [-0.15, -0.1) is 0 Å². The number of nitro groups is 1. The van der Waals surface area contributed by atoms with Crippen LogP contribution in [0.3, 0.4) is 0 Å². The molecular formula is C30H25N3O6S. The van der Waals surface area contributed by atoms with Gasteiger partial charge in [-0.25, -0.2) is 9.79 Å². The minimum Gasteiger partial charge on any atom is -0.489 e. The zero-order chi connectivity index (χ0) is 28.2. The zero-order valence-corrected chi connectivity index (χ0v) is 22.6. The van der Waals surface area contributed by atoms with Crippen molar-refractivity contribution in [1.29, 1.82) is 0 Å². The molecule has 0 radical (unpaired) electrons. The van der Waals surface area contributed by atoms with Gasteiger partial charge in [-0.3, -0.25) is 19.5 Å². The fraction of sp³-hybridized carbons (Fsp3) is 0.167. The van der Waals surface area contributed by atoms with E-state index < -0.39 is 22.5 Å². The molecule has 202 valence electrons. The molecule has 1 aromatic heterocycles. The molecule has 3 aromatic carbocycles. The second-order valence-corrected chi connectivity index (χ2v) is 9.97. The first-order valence-electron chi connectivity index (χ1n) is 12.6. The molecule has 1 aliphatic rings. The van der Waals surface area contributed by atoms with E-state index in [0.29, 0.717) is 34.0 Å². The Morgan fingerprint density at radius 2 is 1.77 bits per heavy atom. The molecule has 1 aliphatic heterocycles. The van der Waals surface area contributed by atoms with Crippen molar-refractivity contribution in [2.24, 2.45) is 4.99 Å². The largest absolute Gasteiger partial charge is 0.489 e. The van der Waals surface area contributed by atoms with E-state index in [9.17, 15) is 19.7 Å². The second kappa shape index (κ2) is 11.5. The van der Waals surface area contributed by atoms with Gasteiger partial charge in [-0.1, -0.05) is 65.9 Å². The summed E-state index contributed by atoms with van der Waals surface area (Å²) in [5.41, 5.74) is 2.17. The number of ether oxygens (including phenoxy) is 2. The molecule has 0 N–H and O–H groups in total. The number of nitrogens with zero attached hydrogens (tertiary/aromatic N) is 3. The van der Waals surface area contributed by atoms with Crippen molar-refractivity contribution >= 4 is 29.1 Å². The predicted octanol–water partition coefficient (Wildman–Crippen LogP) is 4.29. The van der Waals surface area contributed by atoms with Crippen LogP contribution in [0.25, 0.3) is 6.08 Å². The Morgan fingerprint density at radius 3 is 2.48 bits per heavy atom. The van der Waals surface area contributed by atoms with Crippen molar-refractivity contribution in [1.82, 2.24) is 4.57 Å². The molecule has 1 atom stereocenters. The van der Waals surface area contributed by atoms with E-state index >= 15 is 0 Å². The van der Waals surface area contributed by atoms with Gasteiger partial charge in [0, 0.05) is 6.07 Å². The van der Waals surface area contributed by atoms with Gasteiger partial charge in [0.2, 0.25) is 0 Å². The van der Waals surface area contributed by atoms with E-state index in [-0.39, 0.29) is 22.4 Å². The SMILES string of the molecule is CCOC(=O)C1=C(C)N=c2sc(=Cc3ccccc3[N+](=O)[O-])c(=O)n2C1c1ccc(OCc2ccccc2)cc1. The second-order valence-electron chi connectivity index (χ2n) is 8.96. The molecule has 2 heterocycles. The first kappa shape index (κ1) is 26.8. The van der Waals surface area contributed by atoms with Crippen molar-refractivity contribution < 1.29 is 19.2 Å². The number of aromatic nitrogens is 1. The number of para-hydroxylation sites is 1. The molecular weight excluding hydrogens is 530 g/mol. The molecule has 0 amide bonds. The van der Waals surface area contributed by atoms with Crippen molar-refractivity contribution in [2.45, 2.75) is 26.5 Å². The number of carbonyl (C=O) groups is 1. The van der Waals surface area contributed by atoms with Gasteiger partial charge in [0.1, 0.15) is 12.4 Å². The Hall–Kier alpha value is -4.83. The number of hydrogen-bond acceptors (Lipinski definition) is 8. The monoisotopic (exact) mass is 555 g/mol. The average Bonchev–Trinajstić information content (AvgIpc) is 3.26. The van der Waals surface area contributed by atoms with Crippen molar-refractivity contribution in [2.75, 3.05) is 6.61 Å². The maximum Gasteiger partial charge on any atom is 0.338 e. The third-order valence-electron chi connectivity index (χ3n) is 6.38. The summed E-state index contributed by atoms with van der Waals surface area (Å²) in [6, 6.07) is 22.4. The summed E-state index contributed by atoms with van der Waals surface area (Å²) in [6.07, 6.45) is 1.49. The summed E-state index contributed by atoms with van der Waals surface area (Å²) < 4.78 is 13.0. The van der Waals surface area contributed by atoms with Crippen molar-refractivity contribution in [3.63, 3.8) is 0 Å². The lowest BCUT2D eigenvalue weighted by Crippen LogP contribution is -2.39. The lowest BCUT2D eigenvalue weighted by atomic mass is 9.96. The van der Waals surface area contributed by atoms with Crippen LogP contribution in [0, 0.1) is 10.1 Å². The lowest BCUT2D eigenvalue weighted by molar-refractivity contribution is -0.385. The normalized spacial score (nSPS) is 14.8. The Morgan fingerprint density at radius 1 is 1.07 bits per heavy atom. The van der Waals surface area contributed by atoms with Crippen molar-refractivity contribution in [3.8, 4) is 5.75 Å². The van der Waals surface area contributed by atoms with E-state index in [1.54, 1.807) is 44.2 Å². The number of carbonyl (C=O) groups excluding carboxylic acids is 1. The Kier molecular flexibility index (Phi) is 7.70. The molecule has 0 spiro atoms. The summed E-state index contributed by atoms with van der Waals surface area (Å²) in [5, 5.41) is 11.5. The maximum atomic E-state index is 13.8. The highest BCUT2D eigenvalue weighted by molar-refractivity contribution is 7.07. The topological polar surface area (TPSA) is 113 Å². The fourth-order valence-corrected chi connectivity index (χ4v) is 5.55. The summed E-state index contributed by atoms with van der Waals surface area (Å²) in [7, 11) is 0. The van der Waals surface area contributed by atoms with E-state index in [1.807, 2.05) is 42.5 Å². The number of fused-ring (bicyclic) bond motifs is 1. The molecule has 0 saturated heterocycles. The number of hydrogen-bond donors (Lipinski definition) is 0. The molecule has 9 nitrogen and oxygen atoms in total. The number of esters is 1. The fourth-order valence-electron chi connectivity index (χ4n) is 4.51. The van der Waals surface area contributed by atoms with Gasteiger partial charge >= 0.3 is 5.97 Å². The molecule has 0 aliphatic carbocycles. The summed E-state index contributed by atoms with van der Waals surface area (Å²) in [4.78, 5) is 42.8. The van der Waals surface area contributed by atoms with Crippen LogP contribution in [0.2, 0.25) is 0 Å². The van der Waals surface area contributed by atoms with Gasteiger partial charge in [0.05, 0.1) is 38.9 Å². The van der Waals surface area contributed by atoms with Gasteiger partial charge < -0.3 is 9.47 Å². The Labute approximate surface area is 233 Å². The van der Waals surface area contributed by atoms with Crippen LogP contribution in [-0.2, 0) is 16.1 Å². The highest BCUT2D eigenvalue weighted by Crippen LogP contribution is 2.32. The average molecular weight is 556 g/mol. The van der Waals surface area contributed by atoms with E-state index in [0.717, 1.165) is 16.9 Å². The standard InChI is InChI=1S/C30H25N3O6S/c1-3-38-29(35)26-19(2)31-30-32(28(34)25(40-30)17-22-11-7-8-12-24(22)33(36)37)27(26)21-13-15-23(16-14-21)39-18-20-9-5-4-6-10-20/h4-17,27H,3,18H2,1-2H3. The number of nitro benzene ring substituents is 1. The first-order chi connectivity index (χ1) is 19.4. The van der Waals surface area contributed by atoms with E-state index in [2.05, 4.69) is 4.99 Å². The number of benzene rings is 3. The third-order valence-corrected chi connectivity index (χ3v) is 7.36. The number of rotatable bonds is 8. The summed E-state index contributed by atoms with van der Waals surface area (Å²) in [5.74, 6) is 0.0703. The summed E-state index contributed by atoms with van der Waals surface area (Å²) in [6.45, 7) is 3.98. The van der Waals surface area contributed by atoms with Crippen LogP contribution in [-0.4, -0.2) is 22.1 Å². The molecule has 0 fully saturated rings. The van der Waals surface area contributed by atoms with Crippen LogP contribution < -0.4 is 19.6 Å². The minimum atomic E-state index is -0.800. The first-order valence-corrected chi connectivity index (χ1v) is 13.4. The van der Waals surface area contributed by atoms with Crippen LogP contribution >= 0.6 is 11.3 Å². The van der Waals surface area contributed by atoms with Crippen LogP contribution in [0.5, 0.6) is 5.75 Å². The molecule has 0 saturated carbocycles. The quantitative estimate of drug-likeness (QED) is 0.182. The lowest BCUT2D eigenvalue weighted by Gasteiger charge is -2.24. The Bertz CT molecular complexity index is 1790.